The molecular formula is C20H23ClN6O2. The topological polar surface area (TPSA) is 99.2 Å². The van der Waals surface area contributed by atoms with Crippen LogP contribution in [0.1, 0.15) is 19.8 Å². The zero-order chi connectivity index (χ0) is 20.5. The lowest BCUT2D eigenvalue weighted by atomic mass is 9.97. The minimum atomic E-state index is -0.127. The first-order valence-corrected chi connectivity index (χ1v) is 10.0. The van der Waals surface area contributed by atoms with E-state index in [2.05, 4.69) is 15.0 Å². The molecule has 0 aliphatic carbocycles. The summed E-state index contributed by atoms with van der Waals surface area (Å²) in [4.78, 5) is 23.6. The Kier molecular flexibility index (Phi) is 5.27. The Bertz CT molecular complexity index is 1060. The minimum Gasteiger partial charge on any atom is -0.466 e. The molecule has 1 fully saturated rings. The number of rotatable bonds is 4. The molecule has 2 N–H and O–H groups in total. The van der Waals surface area contributed by atoms with E-state index in [1.165, 1.54) is 0 Å². The number of ether oxygens (including phenoxy) is 1. The summed E-state index contributed by atoms with van der Waals surface area (Å²) >= 11 is 6.45. The zero-order valence-electron chi connectivity index (χ0n) is 16.4. The maximum Gasteiger partial charge on any atom is 0.309 e. The largest absolute Gasteiger partial charge is 0.466 e. The van der Waals surface area contributed by atoms with E-state index in [0.717, 1.165) is 5.56 Å². The van der Waals surface area contributed by atoms with Crippen LogP contribution < -0.4 is 10.6 Å². The summed E-state index contributed by atoms with van der Waals surface area (Å²) in [6.45, 7) is 3.56. The number of aryl methyl sites for hydroxylation is 1. The van der Waals surface area contributed by atoms with Crippen LogP contribution in [0.5, 0.6) is 0 Å². The summed E-state index contributed by atoms with van der Waals surface area (Å²) < 4.78 is 6.75. The third kappa shape index (κ3) is 3.60. The van der Waals surface area contributed by atoms with Gasteiger partial charge in [0.05, 0.1) is 23.6 Å². The molecule has 1 aliphatic rings. The van der Waals surface area contributed by atoms with Gasteiger partial charge in [0.2, 0.25) is 5.95 Å². The number of piperidine rings is 1. The molecule has 0 saturated carbocycles. The van der Waals surface area contributed by atoms with E-state index >= 15 is 0 Å². The molecule has 1 saturated heterocycles. The maximum absolute atomic E-state index is 12.0. The monoisotopic (exact) mass is 414 g/mol. The molecule has 0 amide bonds. The van der Waals surface area contributed by atoms with Crippen molar-refractivity contribution in [1.82, 2.24) is 19.7 Å². The van der Waals surface area contributed by atoms with Crippen molar-refractivity contribution in [2.75, 3.05) is 30.3 Å². The minimum absolute atomic E-state index is 0.0801. The summed E-state index contributed by atoms with van der Waals surface area (Å²) in [6, 6.07) is 7.51. The molecule has 29 heavy (non-hydrogen) atoms. The first-order valence-electron chi connectivity index (χ1n) is 9.66. The molecular weight excluding hydrogens is 392 g/mol. The normalized spacial score (nSPS) is 15.1. The Morgan fingerprint density at radius 3 is 2.69 bits per heavy atom. The molecule has 1 aliphatic heterocycles. The molecule has 2 aromatic heterocycles. The number of nitrogens with two attached hydrogens (primary N) is 1. The predicted octanol–water partition coefficient (Wildman–Crippen LogP) is 3.05. The van der Waals surface area contributed by atoms with Gasteiger partial charge in [-0.2, -0.15) is 10.1 Å². The highest BCUT2D eigenvalue weighted by atomic mass is 35.5. The standard InChI is InChI=1S/C20H23ClN6O2/c1-3-29-19(28)12-8-10-27(11-9-12)20-23-16(13-6-4-5-7-14(13)21)15-17(22)26(2)25-18(15)24-20/h4-7,12H,3,8-11,22H2,1-2H3. The maximum atomic E-state index is 12.0. The molecule has 152 valence electrons. The summed E-state index contributed by atoms with van der Waals surface area (Å²) in [5.74, 6) is 0.844. The number of anilines is 2. The van der Waals surface area contributed by atoms with Crippen molar-refractivity contribution in [1.29, 1.82) is 0 Å². The molecule has 0 bridgehead atoms. The lowest BCUT2D eigenvalue weighted by molar-refractivity contribution is -0.148. The summed E-state index contributed by atoms with van der Waals surface area (Å²) in [5, 5.41) is 5.72. The molecule has 0 unspecified atom stereocenters. The van der Waals surface area contributed by atoms with E-state index in [-0.39, 0.29) is 11.9 Å². The highest BCUT2D eigenvalue weighted by Crippen LogP contribution is 2.35. The van der Waals surface area contributed by atoms with Crippen LogP contribution >= 0.6 is 11.6 Å². The van der Waals surface area contributed by atoms with E-state index in [4.69, 9.17) is 27.1 Å². The van der Waals surface area contributed by atoms with Crippen LogP contribution in [0.4, 0.5) is 11.8 Å². The number of hydrogen-bond acceptors (Lipinski definition) is 7. The van der Waals surface area contributed by atoms with Gasteiger partial charge in [-0.15, -0.1) is 0 Å². The summed E-state index contributed by atoms with van der Waals surface area (Å²) in [6.07, 6.45) is 1.40. The van der Waals surface area contributed by atoms with Crippen molar-refractivity contribution in [2.45, 2.75) is 19.8 Å². The number of benzene rings is 1. The van der Waals surface area contributed by atoms with Gasteiger partial charge in [-0.25, -0.2) is 4.98 Å². The van der Waals surface area contributed by atoms with Crippen molar-refractivity contribution in [3.05, 3.63) is 29.3 Å². The Morgan fingerprint density at radius 2 is 2.00 bits per heavy atom. The van der Waals surface area contributed by atoms with Crippen LogP contribution in [0, 0.1) is 5.92 Å². The van der Waals surface area contributed by atoms with Crippen molar-refractivity contribution in [3.8, 4) is 11.3 Å². The molecule has 4 rings (SSSR count). The van der Waals surface area contributed by atoms with Gasteiger partial charge in [-0.1, -0.05) is 29.8 Å². The number of hydrogen-bond donors (Lipinski definition) is 1. The van der Waals surface area contributed by atoms with Gasteiger partial charge in [-0.3, -0.25) is 9.48 Å². The molecule has 0 atom stereocenters. The van der Waals surface area contributed by atoms with Crippen LogP contribution in [-0.4, -0.2) is 45.4 Å². The van der Waals surface area contributed by atoms with Crippen LogP contribution in [0.25, 0.3) is 22.3 Å². The number of aromatic nitrogens is 4. The van der Waals surface area contributed by atoms with Gasteiger partial charge in [0.25, 0.3) is 0 Å². The van der Waals surface area contributed by atoms with Gasteiger partial charge >= 0.3 is 5.97 Å². The first kappa shape index (κ1) is 19.4. The van der Waals surface area contributed by atoms with Crippen LogP contribution in [0.3, 0.4) is 0 Å². The van der Waals surface area contributed by atoms with Crippen molar-refractivity contribution < 1.29 is 9.53 Å². The molecule has 0 radical (unpaired) electrons. The Balaban J connectivity index is 1.72. The fraction of sp³-hybridized carbons (Fsp3) is 0.400. The SMILES string of the molecule is CCOC(=O)C1CCN(c2nc(-c3ccccc3Cl)c3c(N)n(C)nc3n2)CC1. The van der Waals surface area contributed by atoms with Crippen molar-refractivity contribution >= 4 is 40.4 Å². The fourth-order valence-corrected chi connectivity index (χ4v) is 3.89. The third-order valence-corrected chi connectivity index (χ3v) is 5.58. The van der Waals surface area contributed by atoms with Gasteiger partial charge in [0.15, 0.2) is 5.65 Å². The van der Waals surface area contributed by atoms with Crippen molar-refractivity contribution in [2.24, 2.45) is 13.0 Å². The molecule has 8 nitrogen and oxygen atoms in total. The second-order valence-corrected chi connectivity index (χ2v) is 7.48. The number of carbonyl (C=O) groups is 1. The number of fused-ring (bicyclic) bond motifs is 1. The highest BCUT2D eigenvalue weighted by Gasteiger charge is 2.28. The number of esters is 1. The first-order chi connectivity index (χ1) is 14.0. The Labute approximate surface area is 173 Å². The number of halogens is 1. The van der Waals surface area contributed by atoms with E-state index in [1.54, 1.807) is 11.7 Å². The highest BCUT2D eigenvalue weighted by molar-refractivity contribution is 6.33. The quantitative estimate of drug-likeness (QED) is 0.655. The summed E-state index contributed by atoms with van der Waals surface area (Å²) in [5.41, 5.74) is 8.22. The van der Waals surface area contributed by atoms with E-state index in [1.807, 2.05) is 31.2 Å². The second-order valence-electron chi connectivity index (χ2n) is 7.07. The third-order valence-electron chi connectivity index (χ3n) is 5.25. The van der Waals surface area contributed by atoms with Crippen LogP contribution in [0.2, 0.25) is 5.02 Å². The average Bonchev–Trinajstić information content (AvgIpc) is 3.02. The molecule has 1 aromatic carbocycles. The van der Waals surface area contributed by atoms with Gasteiger partial charge < -0.3 is 15.4 Å². The van der Waals surface area contributed by atoms with E-state index < -0.39 is 0 Å². The number of carbonyl (C=O) groups excluding carboxylic acids is 1. The van der Waals surface area contributed by atoms with Gasteiger partial charge in [-0.05, 0) is 25.8 Å². The number of nitrogen functional groups attached to an aromatic ring is 1. The lowest BCUT2D eigenvalue weighted by Gasteiger charge is -2.31. The van der Waals surface area contributed by atoms with Crippen molar-refractivity contribution in [3.63, 3.8) is 0 Å². The molecule has 3 heterocycles. The smallest absolute Gasteiger partial charge is 0.309 e. The van der Waals surface area contributed by atoms with Crippen LogP contribution in [-0.2, 0) is 16.6 Å². The molecule has 0 spiro atoms. The summed E-state index contributed by atoms with van der Waals surface area (Å²) in [7, 11) is 1.78. The number of nitrogens with zero attached hydrogens (tertiary/aromatic N) is 5. The van der Waals surface area contributed by atoms with E-state index in [0.29, 0.717) is 66.1 Å². The fourth-order valence-electron chi connectivity index (χ4n) is 3.67. The molecule has 3 aromatic rings. The average molecular weight is 415 g/mol. The Hall–Kier alpha value is -2.87. The van der Waals surface area contributed by atoms with Gasteiger partial charge in [0.1, 0.15) is 5.82 Å². The van der Waals surface area contributed by atoms with Crippen LogP contribution in [0.15, 0.2) is 24.3 Å². The second kappa shape index (κ2) is 7.87. The Morgan fingerprint density at radius 1 is 1.28 bits per heavy atom. The predicted molar refractivity (Wildman–Crippen MR) is 113 cm³/mol. The molecule has 9 heteroatoms. The zero-order valence-corrected chi connectivity index (χ0v) is 17.2. The van der Waals surface area contributed by atoms with Gasteiger partial charge in [0, 0.05) is 30.7 Å². The van der Waals surface area contributed by atoms with E-state index in [9.17, 15) is 4.79 Å². The lowest BCUT2D eigenvalue weighted by Crippen LogP contribution is -2.38.